The first-order chi connectivity index (χ1) is 28.1. The van der Waals surface area contributed by atoms with Crippen molar-refractivity contribution >= 4 is 23.8 Å². The van der Waals surface area contributed by atoms with Gasteiger partial charge in [0.05, 0.1) is 44.0 Å². The number of H-pyrrole nitrogens is 2. The lowest BCUT2D eigenvalue weighted by atomic mass is 10.0. The van der Waals surface area contributed by atoms with E-state index in [-0.39, 0.29) is 48.2 Å². The van der Waals surface area contributed by atoms with Gasteiger partial charge in [-0.25, -0.2) is 14.8 Å². The van der Waals surface area contributed by atoms with Crippen LogP contribution in [0.2, 0.25) is 0 Å². The van der Waals surface area contributed by atoms with Crippen molar-refractivity contribution in [3.05, 3.63) is 83.7 Å². The summed E-state index contributed by atoms with van der Waals surface area (Å²) in [5.74, 6) is 7.04. The Bertz CT molecular complexity index is 2070. The number of aromatic nitrogens is 4. The number of hydrogen-bond donors (Lipinski definition) is 4. The number of nitrogens with one attached hydrogen (secondary N) is 4. The second-order valence-electron chi connectivity index (χ2n) is 15.1. The molecule has 0 aliphatic heterocycles. The Labute approximate surface area is 349 Å². The van der Waals surface area contributed by atoms with Crippen LogP contribution in [0.15, 0.2) is 60.9 Å². The number of benzene rings is 2. The van der Waals surface area contributed by atoms with E-state index in [1.807, 2.05) is 104 Å². The summed E-state index contributed by atoms with van der Waals surface area (Å²) in [6, 6.07) is 14.3. The summed E-state index contributed by atoms with van der Waals surface area (Å²) in [5, 5.41) is 5.50. The molecule has 4 atom stereocenters. The molecule has 0 spiro atoms. The van der Waals surface area contributed by atoms with Gasteiger partial charge in [0.25, 0.3) is 0 Å². The van der Waals surface area contributed by atoms with Crippen LogP contribution >= 0.6 is 0 Å². The van der Waals surface area contributed by atoms with Crippen LogP contribution in [0.4, 0.5) is 4.79 Å². The molecule has 2 heterocycles. The number of methoxy groups -OCH3 is 1. The average molecular weight is 805 g/mol. The molecule has 0 aliphatic rings. The number of alkyl carbamates (subject to hydrolysis) is 1. The zero-order valence-corrected chi connectivity index (χ0v) is 36.1. The van der Waals surface area contributed by atoms with Crippen LogP contribution in [-0.4, -0.2) is 84.8 Å². The number of carbonyl (C=O) groups is 4. The Hall–Kier alpha value is -6.34. The molecule has 13 nitrogen and oxygen atoms in total. The fraction of sp³-hybridized carbons (Fsp3) is 0.435. The van der Waals surface area contributed by atoms with Crippen molar-refractivity contribution in [1.82, 2.24) is 40.4 Å². The number of amides is 4. The van der Waals surface area contributed by atoms with E-state index < -0.39 is 18.2 Å². The predicted octanol–water partition coefficient (Wildman–Crippen LogP) is 6.91. The Balaban J connectivity index is 0.00000458. The fourth-order valence-electron chi connectivity index (χ4n) is 6.24. The monoisotopic (exact) mass is 804 g/mol. The van der Waals surface area contributed by atoms with E-state index in [1.54, 1.807) is 22.2 Å². The first kappa shape index (κ1) is 47.0. The maximum atomic E-state index is 13.6. The van der Waals surface area contributed by atoms with E-state index in [0.717, 1.165) is 46.5 Å². The maximum Gasteiger partial charge on any atom is 0.407 e. The number of hydrogen-bond acceptors (Lipinski definition) is 7. The van der Waals surface area contributed by atoms with E-state index in [9.17, 15) is 19.2 Å². The quantitative estimate of drug-likeness (QED) is 0.0894. The summed E-state index contributed by atoms with van der Waals surface area (Å²) in [6.45, 7) is 17.7. The van der Waals surface area contributed by atoms with E-state index in [0.29, 0.717) is 18.2 Å². The number of ether oxygens (including phenoxy) is 1. The summed E-state index contributed by atoms with van der Waals surface area (Å²) in [7, 11) is 1.28. The number of imidazole rings is 2. The lowest BCUT2D eigenvalue weighted by Gasteiger charge is -2.33. The van der Waals surface area contributed by atoms with E-state index in [2.05, 4.69) is 55.3 Å². The molecule has 2 aromatic heterocycles. The molecule has 0 radical (unpaired) electrons. The maximum absolute atomic E-state index is 13.6. The standard InChI is InChI=1S/C44H58N8O5.C2H2/c1-11-29(7)51(42(54)40(27(3)4)47-31(9)53)25-38-45-23-36(48-38)34-19-15-32(16-20-34)13-14-33-17-21-35(22-18-33)37-24-46-39(49-37)26-52(30(8)12-2)43(55)41(28(5)6)50-44(56)57-10;1-2/h15-24,27-30,40-41H,11-12,25-26H2,1-10H3,(H,45,48)(H,46,49)(H,47,53)(H,50,56);1-2H/t29-,30-,40?,41?;/m1./s1. The highest BCUT2D eigenvalue weighted by Gasteiger charge is 2.32. The second-order valence-corrected chi connectivity index (χ2v) is 15.1. The van der Waals surface area contributed by atoms with Crippen molar-refractivity contribution < 1.29 is 23.9 Å². The summed E-state index contributed by atoms with van der Waals surface area (Å²) >= 11 is 0. The minimum atomic E-state index is -0.727. The third-order valence-corrected chi connectivity index (χ3v) is 10.1. The smallest absolute Gasteiger partial charge is 0.407 e. The first-order valence-electron chi connectivity index (χ1n) is 20.0. The molecule has 4 rings (SSSR count). The summed E-state index contributed by atoms with van der Waals surface area (Å²) in [5.41, 5.74) is 5.22. The molecule has 4 amide bonds. The highest BCUT2D eigenvalue weighted by Crippen LogP contribution is 2.22. The number of rotatable bonds is 16. The highest BCUT2D eigenvalue weighted by atomic mass is 16.5. The average Bonchev–Trinajstić information content (AvgIpc) is 3.92. The molecule has 2 unspecified atom stereocenters. The third kappa shape index (κ3) is 13.1. The molecule has 0 aliphatic carbocycles. The van der Waals surface area contributed by atoms with Crippen LogP contribution in [0.3, 0.4) is 0 Å². The van der Waals surface area contributed by atoms with Gasteiger partial charge in [-0.2, -0.15) is 0 Å². The largest absolute Gasteiger partial charge is 0.453 e. The number of aromatic amines is 2. The molecular weight excluding hydrogens is 745 g/mol. The highest BCUT2D eigenvalue weighted by molar-refractivity contribution is 5.87. The molecule has 59 heavy (non-hydrogen) atoms. The first-order valence-corrected chi connectivity index (χ1v) is 20.0. The van der Waals surface area contributed by atoms with Crippen molar-refractivity contribution in [2.75, 3.05) is 7.11 Å². The van der Waals surface area contributed by atoms with Gasteiger partial charge in [0, 0.05) is 30.1 Å². The van der Waals surface area contributed by atoms with Gasteiger partial charge < -0.3 is 35.1 Å². The lowest BCUT2D eigenvalue weighted by Crippen LogP contribution is -2.53. The Morgan fingerprint density at radius 1 is 0.678 bits per heavy atom. The molecule has 4 aromatic rings. The fourth-order valence-corrected chi connectivity index (χ4v) is 6.24. The number of nitrogens with zero attached hydrogens (tertiary/aromatic N) is 4. The van der Waals surface area contributed by atoms with Gasteiger partial charge >= 0.3 is 6.09 Å². The predicted molar refractivity (Wildman–Crippen MR) is 231 cm³/mol. The van der Waals surface area contributed by atoms with Crippen LogP contribution in [0.25, 0.3) is 22.5 Å². The van der Waals surface area contributed by atoms with Gasteiger partial charge in [-0.15, -0.1) is 12.8 Å². The second kappa shape index (κ2) is 22.6. The van der Waals surface area contributed by atoms with E-state index in [1.165, 1.54) is 14.0 Å². The molecule has 0 saturated heterocycles. The van der Waals surface area contributed by atoms with Crippen LogP contribution in [0.1, 0.15) is 97.9 Å². The molecule has 4 N–H and O–H groups in total. The molecule has 13 heteroatoms. The minimum Gasteiger partial charge on any atom is -0.453 e. The van der Waals surface area contributed by atoms with Crippen LogP contribution in [0.5, 0.6) is 0 Å². The molecule has 314 valence electrons. The molecular formula is C46H60N8O5. The van der Waals surface area contributed by atoms with Crippen molar-refractivity contribution in [3.63, 3.8) is 0 Å². The third-order valence-electron chi connectivity index (χ3n) is 10.1. The topological polar surface area (TPSA) is 165 Å². The minimum absolute atomic E-state index is 0.0364. The summed E-state index contributed by atoms with van der Waals surface area (Å²) in [6.07, 6.45) is 12.4. The van der Waals surface area contributed by atoms with Crippen LogP contribution < -0.4 is 10.6 Å². The van der Waals surface area contributed by atoms with Crippen LogP contribution in [0, 0.1) is 36.5 Å². The van der Waals surface area contributed by atoms with Gasteiger partial charge in [-0.05, 0) is 73.9 Å². The summed E-state index contributed by atoms with van der Waals surface area (Å²) in [4.78, 5) is 70.4. The van der Waals surface area contributed by atoms with E-state index in [4.69, 9.17) is 4.74 Å². The number of terminal acetylenes is 1. The summed E-state index contributed by atoms with van der Waals surface area (Å²) < 4.78 is 4.76. The van der Waals surface area contributed by atoms with Crippen molar-refractivity contribution in [1.29, 1.82) is 0 Å². The van der Waals surface area contributed by atoms with Crippen molar-refractivity contribution in [2.24, 2.45) is 11.8 Å². The van der Waals surface area contributed by atoms with Gasteiger partial charge in [0.1, 0.15) is 23.7 Å². The normalized spacial score (nSPS) is 12.8. The Morgan fingerprint density at radius 2 is 1.05 bits per heavy atom. The van der Waals surface area contributed by atoms with Crippen molar-refractivity contribution in [2.45, 2.75) is 112 Å². The lowest BCUT2D eigenvalue weighted by molar-refractivity contribution is -0.140. The molecule has 0 bridgehead atoms. The van der Waals surface area contributed by atoms with Gasteiger partial charge in [-0.3, -0.25) is 14.4 Å². The Morgan fingerprint density at radius 3 is 1.37 bits per heavy atom. The number of carbonyl (C=O) groups excluding carboxylic acids is 4. The molecule has 0 saturated carbocycles. The zero-order chi connectivity index (χ0) is 43.8. The van der Waals surface area contributed by atoms with Gasteiger partial charge in [0.15, 0.2) is 0 Å². The van der Waals surface area contributed by atoms with Gasteiger partial charge in [0.2, 0.25) is 17.7 Å². The molecule has 0 fully saturated rings. The zero-order valence-electron chi connectivity index (χ0n) is 36.1. The van der Waals surface area contributed by atoms with Gasteiger partial charge in [-0.1, -0.05) is 77.6 Å². The van der Waals surface area contributed by atoms with Crippen LogP contribution in [-0.2, 0) is 32.2 Å². The SMILES string of the molecule is C#C.CC[C@@H](C)N(Cc1ncc(-c2ccc(C#Cc3ccc(-c4cnc(CN(C(=O)C(NC(=O)OC)C(C)C)[C@H](C)CC)[nH]4)cc3)cc2)[nH]1)C(=O)C(NC(C)=O)C(C)C. The molecule has 2 aromatic carbocycles. The Kier molecular flexibility index (Phi) is 18.0. The van der Waals surface area contributed by atoms with E-state index >= 15 is 0 Å². The van der Waals surface area contributed by atoms with Crippen molar-refractivity contribution in [3.8, 4) is 47.2 Å².